The van der Waals surface area contributed by atoms with Gasteiger partial charge < -0.3 is 15.6 Å². The smallest absolute Gasteiger partial charge is 0.320 e. The molecule has 0 spiro atoms. The van der Waals surface area contributed by atoms with E-state index in [-0.39, 0.29) is 6.04 Å². The number of nitrogens with zero attached hydrogens (tertiary/aromatic N) is 2. The number of rotatable bonds is 4. The lowest BCUT2D eigenvalue weighted by Gasteiger charge is -2.36. The number of thiazole rings is 1. The molecule has 3 fully saturated rings. The highest BCUT2D eigenvalue weighted by Gasteiger charge is 2.30. The molecule has 6 nitrogen and oxygen atoms in total. The first-order chi connectivity index (χ1) is 13.6. The predicted molar refractivity (Wildman–Crippen MR) is 113 cm³/mol. The molecule has 28 heavy (non-hydrogen) atoms. The van der Waals surface area contributed by atoms with Crippen LogP contribution in [0.3, 0.4) is 0 Å². The fraction of sp³-hybridized carbons (Fsp3) is 0.810. The molecule has 3 N–H and O–H groups in total. The number of hydrogen-bond donors (Lipinski definition) is 2. The van der Waals surface area contributed by atoms with Gasteiger partial charge >= 0.3 is 5.97 Å². The summed E-state index contributed by atoms with van der Waals surface area (Å²) in [5.74, 6) is 0.688. The number of aliphatic carboxylic acids is 1. The number of likely N-dealkylation sites (tertiary alicyclic amines) is 1. The van der Waals surface area contributed by atoms with Crippen LogP contribution in [0.1, 0.15) is 75.8 Å². The Morgan fingerprint density at radius 2 is 1.86 bits per heavy atom. The van der Waals surface area contributed by atoms with Gasteiger partial charge in [-0.15, -0.1) is 11.3 Å². The lowest BCUT2D eigenvalue weighted by Crippen LogP contribution is -2.47. The highest BCUT2D eigenvalue weighted by Crippen LogP contribution is 2.33. The maximum Gasteiger partial charge on any atom is 0.320 e. The first kappa shape index (κ1) is 21.5. The first-order valence-corrected chi connectivity index (χ1v) is 11.8. The van der Waals surface area contributed by atoms with E-state index >= 15 is 0 Å². The number of hydrogen-bond acceptors (Lipinski definition) is 6. The molecular formula is C21H35N3O3S. The number of anilines is 1. The van der Waals surface area contributed by atoms with E-state index in [0.717, 1.165) is 63.5 Å². The summed E-state index contributed by atoms with van der Waals surface area (Å²) in [5.41, 5.74) is 6.83. The highest BCUT2D eigenvalue weighted by molar-refractivity contribution is 7.13. The summed E-state index contributed by atoms with van der Waals surface area (Å²) < 4.78 is 5.33. The molecule has 4 rings (SSSR count). The maximum atomic E-state index is 11.1. The number of carboxylic acids is 1. The second-order valence-electron chi connectivity index (χ2n) is 8.35. The van der Waals surface area contributed by atoms with Crippen molar-refractivity contribution in [1.82, 2.24) is 9.88 Å². The fourth-order valence-electron chi connectivity index (χ4n) is 4.64. The van der Waals surface area contributed by atoms with Crippen molar-refractivity contribution in [3.05, 3.63) is 11.1 Å². The van der Waals surface area contributed by atoms with Crippen LogP contribution < -0.4 is 5.73 Å². The zero-order valence-corrected chi connectivity index (χ0v) is 17.7. The lowest BCUT2D eigenvalue weighted by atomic mass is 9.87. The van der Waals surface area contributed by atoms with Gasteiger partial charge in [-0.1, -0.05) is 25.7 Å². The fourth-order valence-corrected chi connectivity index (χ4v) is 5.28. The second-order valence-corrected chi connectivity index (χ2v) is 9.24. The van der Waals surface area contributed by atoms with Gasteiger partial charge in [-0.25, -0.2) is 4.98 Å². The van der Waals surface area contributed by atoms with Crippen molar-refractivity contribution < 1.29 is 14.6 Å². The Hall–Kier alpha value is -1.18. The van der Waals surface area contributed by atoms with E-state index in [4.69, 9.17) is 10.5 Å². The van der Waals surface area contributed by atoms with Crippen LogP contribution in [0.4, 0.5) is 5.13 Å². The Morgan fingerprint density at radius 1 is 1.14 bits per heavy atom. The minimum Gasteiger partial charge on any atom is -0.480 e. The van der Waals surface area contributed by atoms with Crippen LogP contribution in [0.15, 0.2) is 5.38 Å². The van der Waals surface area contributed by atoms with E-state index in [1.54, 1.807) is 11.3 Å². The van der Waals surface area contributed by atoms with Gasteiger partial charge in [-0.05, 0) is 51.0 Å². The van der Waals surface area contributed by atoms with Crippen molar-refractivity contribution >= 4 is 22.4 Å². The summed E-state index contributed by atoms with van der Waals surface area (Å²) in [6.45, 7) is 3.58. The normalized spacial score (nSPS) is 25.1. The van der Waals surface area contributed by atoms with Crippen molar-refractivity contribution in [2.24, 2.45) is 5.92 Å². The molecule has 1 saturated carbocycles. The molecule has 2 aliphatic heterocycles. The quantitative estimate of drug-likeness (QED) is 0.777. The minimum atomic E-state index is -0.647. The van der Waals surface area contributed by atoms with Gasteiger partial charge in [0.2, 0.25) is 0 Å². The average Bonchev–Trinajstić information content (AvgIpc) is 3.17. The maximum absolute atomic E-state index is 11.1. The molecule has 158 valence electrons. The Balaban J connectivity index is 0.000000167. The van der Waals surface area contributed by atoms with Crippen molar-refractivity contribution in [3.8, 4) is 0 Å². The number of nitrogen functional groups attached to an aromatic ring is 1. The standard InChI is InChI=1S/C12H21NO3.C9H14N2S/c14-12(15)11-3-1-2-6-13(11)9-10-4-7-16-8-5-10;10-9-11-8(6-12-9)7-4-2-1-3-5-7/h10-11H,1-9H2,(H,14,15);6-7H,1-5H2,(H2,10,11)/t11-;/m0./s1. The molecule has 1 atom stereocenters. The van der Waals surface area contributed by atoms with E-state index in [0.29, 0.717) is 11.8 Å². The number of nitrogens with two attached hydrogens (primary N) is 1. The van der Waals surface area contributed by atoms with E-state index in [1.165, 1.54) is 37.8 Å². The third kappa shape index (κ3) is 6.42. The summed E-state index contributed by atoms with van der Waals surface area (Å²) in [7, 11) is 0. The summed E-state index contributed by atoms with van der Waals surface area (Å²) in [6, 6.07) is -0.239. The van der Waals surface area contributed by atoms with Crippen LogP contribution in [0, 0.1) is 5.92 Å². The molecular weight excluding hydrogens is 374 g/mol. The Labute approximate surface area is 172 Å². The minimum absolute atomic E-state index is 0.239. The van der Waals surface area contributed by atoms with Crippen LogP contribution in [0.25, 0.3) is 0 Å². The van der Waals surface area contributed by atoms with Crippen LogP contribution in [-0.2, 0) is 9.53 Å². The summed E-state index contributed by atoms with van der Waals surface area (Å²) >= 11 is 1.56. The molecule has 1 aromatic rings. The van der Waals surface area contributed by atoms with E-state index in [1.807, 2.05) is 0 Å². The average molecular weight is 410 g/mol. The number of piperidine rings is 1. The molecule has 3 heterocycles. The second kappa shape index (κ2) is 11.1. The van der Waals surface area contributed by atoms with E-state index in [9.17, 15) is 9.90 Å². The summed E-state index contributed by atoms with van der Waals surface area (Å²) in [4.78, 5) is 17.6. The molecule has 1 aromatic heterocycles. The molecule has 0 bridgehead atoms. The van der Waals surface area contributed by atoms with E-state index < -0.39 is 5.97 Å². The van der Waals surface area contributed by atoms with Gasteiger partial charge in [0.25, 0.3) is 0 Å². The van der Waals surface area contributed by atoms with Crippen molar-refractivity contribution in [2.45, 2.75) is 76.2 Å². The highest BCUT2D eigenvalue weighted by atomic mass is 32.1. The molecule has 0 amide bonds. The largest absolute Gasteiger partial charge is 0.480 e. The van der Waals surface area contributed by atoms with Gasteiger partial charge in [0.05, 0.1) is 5.69 Å². The third-order valence-electron chi connectivity index (χ3n) is 6.30. The molecule has 0 aromatic carbocycles. The SMILES string of the molecule is Nc1nc(C2CCCCC2)cs1.O=C(O)[C@@H]1CCCCN1CC1CCOCC1. The van der Waals surface area contributed by atoms with Crippen LogP contribution in [0.5, 0.6) is 0 Å². The first-order valence-electron chi connectivity index (χ1n) is 10.9. The zero-order valence-electron chi connectivity index (χ0n) is 16.9. The molecule has 1 aliphatic carbocycles. The molecule has 2 saturated heterocycles. The van der Waals surface area contributed by atoms with Crippen LogP contribution in [0.2, 0.25) is 0 Å². The van der Waals surface area contributed by atoms with Gasteiger partial charge in [-0.2, -0.15) is 0 Å². The molecule has 3 aliphatic rings. The summed E-state index contributed by atoms with van der Waals surface area (Å²) in [6.07, 6.45) is 11.9. The lowest BCUT2D eigenvalue weighted by molar-refractivity contribution is -0.145. The number of aromatic nitrogens is 1. The zero-order chi connectivity index (χ0) is 19.8. The molecule has 0 unspecified atom stereocenters. The Morgan fingerprint density at radius 3 is 2.50 bits per heavy atom. The van der Waals surface area contributed by atoms with Crippen LogP contribution >= 0.6 is 11.3 Å². The van der Waals surface area contributed by atoms with Gasteiger partial charge in [0.1, 0.15) is 6.04 Å². The topological polar surface area (TPSA) is 88.7 Å². The van der Waals surface area contributed by atoms with E-state index in [2.05, 4.69) is 15.3 Å². The van der Waals surface area contributed by atoms with Crippen LogP contribution in [-0.4, -0.2) is 53.3 Å². The van der Waals surface area contributed by atoms with Crippen molar-refractivity contribution in [1.29, 1.82) is 0 Å². The number of carbonyl (C=O) groups is 1. The molecule has 0 radical (unpaired) electrons. The van der Waals surface area contributed by atoms with Gasteiger partial charge in [-0.3, -0.25) is 9.69 Å². The number of carboxylic acid groups (broad SMARTS) is 1. The Kier molecular flexibility index (Phi) is 8.55. The van der Waals surface area contributed by atoms with Gasteiger partial charge in [0, 0.05) is 31.1 Å². The molecule has 7 heteroatoms. The number of ether oxygens (including phenoxy) is 1. The predicted octanol–water partition coefficient (Wildman–Crippen LogP) is 4.13. The van der Waals surface area contributed by atoms with Crippen molar-refractivity contribution in [3.63, 3.8) is 0 Å². The Bertz CT molecular complexity index is 597. The third-order valence-corrected chi connectivity index (χ3v) is 6.99. The van der Waals surface area contributed by atoms with Gasteiger partial charge in [0.15, 0.2) is 5.13 Å². The van der Waals surface area contributed by atoms with Crippen molar-refractivity contribution in [2.75, 3.05) is 32.0 Å². The monoisotopic (exact) mass is 409 g/mol. The summed E-state index contributed by atoms with van der Waals surface area (Å²) in [5, 5.41) is 12.0.